The SMILES string of the molecule is CC(C)C[C@H](NC(=O)C[C@H](O)[C@H](CC(C)C)NC(=O)[C@H](Cc1c[nH]cn1)NC(=O)C(C)Cc1ccccc1)C(=O)NC(=O)c1ccccc1. The van der Waals surface area contributed by atoms with Crippen molar-refractivity contribution in [1.29, 1.82) is 0 Å². The molecule has 5 amide bonds. The lowest BCUT2D eigenvalue weighted by atomic mass is 9.95. The van der Waals surface area contributed by atoms with Gasteiger partial charge >= 0.3 is 0 Å². The van der Waals surface area contributed by atoms with Gasteiger partial charge in [-0.3, -0.25) is 29.3 Å². The monoisotopic (exact) mass is 674 g/mol. The van der Waals surface area contributed by atoms with Crippen LogP contribution < -0.4 is 21.3 Å². The minimum absolute atomic E-state index is 0.0119. The van der Waals surface area contributed by atoms with Crippen molar-refractivity contribution in [2.24, 2.45) is 17.8 Å². The summed E-state index contributed by atoms with van der Waals surface area (Å²) in [6.45, 7) is 9.41. The predicted molar refractivity (Wildman–Crippen MR) is 186 cm³/mol. The van der Waals surface area contributed by atoms with Crippen LogP contribution in [0.4, 0.5) is 0 Å². The molecule has 49 heavy (non-hydrogen) atoms. The highest BCUT2D eigenvalue weighted by Crippen LogP contribution is 2.14. The maximum atomic E-state index is 13.7. The number of aromatic amines is 1. The lowest BCUT2D eigenvalue weighted by molar-refractivity contribution is -0.132. The van der Waals surface area contributed by atoms with Gasteiger partial charge in [0.2, 0.25) is 23.6 Å². The van der Waals surface area contributed by atoms with Gasteiger partial charge in [-0.05, 0) is 48.8 Å². The number of carbonyl (C=O) groups excluding carboxylic acids is 5. The number of rotatable bonds is 18. The Morgan fingerprint density at radius 2 is 1.37 bits per heavy atom. The summed E-state index contributed by atoms with van der Waals surface area (Å²) in [5.74, 6) is -3.05. The van der Waals surface area contributed by atoms with Crippen LogP contribution in [0.25, 0.3) is 0 Å². The summed E-state index contributed by atoms with van der Waals surface area (Å²) in [6.07, 6.45) is 2.62. The lowest BCUT2D eigenvalue weighted by Gasteiger charge is -2.29. The maximum Gasteiger partial charge on any atom is 0.257 e. The highest BCUT2D eigenvalue weighted by Gasteiger charge is 2.31. The minimum atomic E-state index is -1.31. The first-order valence-electron chi connectivity index (χ1n) is 16.8. The van der Waals surface area contributed by atoms with Crippen molar-refractivity contribution >= 4 is 29.5 Å². The van der Waals surface area contributed by atoms with Gasteiger partial charge in [0.1, 0.15) is 12.1 Å². The summed E-state index contributed by atoms with van der Waals surface area (Å²) in [6, 6.07) is 15.0. The van der Waals surface area contributed by atoms with Crippen molar-refractivity contribution in [2.45, 2.75) is 91.0 Å². The summed E-state index contributed by atoms with van der Waals surface area (Å²) >= 11 is 0. The van der Waals surface area contributed by atoms with Crippen LogP contribution in [0.1, 0.15) is 75.5 Å². The van der Waals surface area contributed by atoms with Gasteiger partial charge < -0.3 is 26.0 Å². The van der Waals surface area contributed by atoms with Crippen LogP contribution in [0.15, 0.2) is 73.2 Å². The first-order chi connectivity index (χ1) is 23.3. The molecule has 0 saturated heterocycles. The molecule has 0 spiro atoms. The second-order valence-electron chi connectivity index (χ2n) is 13.4. The van der Waals surface area contributed by atoms with Crippen LogP contribution in [0.2, 0.25) is 0 Å². The molecule has 1 unspecified atom stereocenters. The summed E-state index contributed by atoms with van der Waals surface area (Å²) in [5, 5.41) is 22.0. The Hall–Kier alpha value is -4.84. The number of amides is 5. The number of hydrogen-bond acceptors (Lipinski definition) is 7. The van der Waals surface area contributed by atoms with Gasteiger partial charge in [0, 0.05) is 24.1 Å². The van der Waals surface area contributed by atoms with E-state index in [0.29, 0.717) is 24.1 Å². The number of hydrogen-bond donors (Lipinski definition) is 6. The number of aliphatic hydroxyl groups excluding tert-OH is 1. The Balaban J connectivity index is 1.68. The summed E-state index contributed by atoms with van der Waals surface area (Å²) in [7, 11) is 0. The van der Waals surface area contributed by atoms with Crippen LogP contribution in [-0.4, -0.2) is 68.8 Å². The average molecular weight is 675 g/mol. The van der Waals surface area contributed by atoms with Crippen molar-refractivity contribution < 1.29 is 29.1 Å². The number of aromatic nitrogens is 2. The average Bonchev–Trinajstić information content (AvgIpc) is 3.57. The van der Waals surface area contributed by atoms with E-state index in [1.165, 1.54) is 6.33 Å². The largest absolute Gasteiger partial charge is 0.390 e. The Morgan fingerprint density at radius 3 is 1.96 bits per heavy atom. The van der Waals surface area contributed by atoms with E-state index in [1.54, 1.807) is 43.5 Å². The van der Waals surface area contributed by atoms with Crippen molar-refractivity contribution in [3.63, 3.8) is 0 Å². The lowest BCUT2D eigenvalue weighted by Crippen LogP contribution is -2.55. The molecule has 0 aliphatic rings. The third-order valence-corrected chi connectivity index (χ3v) is 7.98. The van der Waals surface area contributed by atoms with Crippen LogP contribution in [0.3, 0.4) is 0 Å². The summed E-state index contributed by atoms with van der Waals surface area (Å²) in [5.41, 5.74) is 1.87. The van der Waals surface area contributed by atoms with Crippen molar-refractivity contribution in [3.05, 3.63) is 90.0 Å². The predicted octanol–water partition coefficient (Wildman–Crippen LogP) is 3.09. The molecule has 0 bridgehead atoms. The van der Waals surface area contributed by atoms with Crippen LogP contribution in [0, 0.1) is 17.8 Å². The highest BCUT2D eigenvalue weighted by atomic mass is 16.3. The van der Waals surface area contributed by atoms with Crippen molar-refractivity contribution in [3.8, 4) is 0 Å². The van der Waals surface area contributed by atoms with E-state index in [-0.39, 0.29) is 30.6 Å². The molecule has 1 aromatic heterocycles. The van der Waals surface area contributed by atoms with Gasteiger partial charge in [-0.2, -0.15) is 0 Å². The van der Waals surface area contributed by atoms with Crippen LogP contribution in [-0.2, 0) is 32.0 Å². The molecule has 3 aromatic rings. The molecular weight excluding hydrogens is 624 g/mol. The maximum absolute atomic E-state index is 13.7. The molecule has 12 nitrogen and oxygen atoms in total. The number of imidazole rings is 1. The third-order valence-electron chi connectivity index (χ3n) is 7.98. The molecule has 12 heteroatoms. The second-order valence-corrected chi connectivity index (χ2v) is 13.4. The quantitative estimate of drug-likeness (QED) is 0.120. The van der Waals surface area contributed by atoms with Crippen molar-refractivity contribution in [2.75, 3.05) is 0 Å². The molecule has 3 rings (SSSR count). The number of H-pyrrole nitrogens is 1. The Morgan fingerprint density at radius 1 is 0.735 bits per heavy atom. The molecule has 0 aliphatic heterocycles. The van der Waals surface area contributed by atoms with E-state index in [0.717, 1.165) is 5.56 Å². The van der Waals surface area contributed by atoms with Crippen LogP contribution in [0.5, 0.6) is 0 Å². The normalized spacial score (nSPS) is 14.3. The summed E-state index contributed by atoms with van der Waals surface area (Å²) in [4.78, 5) is 72.8. The topological polar surface area (TPSA) is 182 Å². The zero-order valence-electron chi connectivity index (χ0n) is 28.9. The van der Waals surface area contributed by atoms with Gasteiger partial charge in [-0.15, -0.1) is 0 Å². The number of benzene rings is 2. The van der Waals surface area contributed by atoms with E-state index in [9.17, 15) is 29.1 Å². The fourth-order valence-corrected chi connectivity index (χ4v) is 5.45. The van der Waals surface area contributed by atoms with E-state index >= 15 is 0 Å². The number of nitrogens with one attached hydrogen (secondary N) is 5. The van der Waals surface area contributed by atoms with E-state index < -0.39 is 60.2 Å². The molecule has 0 aliphatic carbocycles. The molecule has 0 radical (unpaired) electrons. The first-order valence-corrected chi connectivity index (χ1v) is 16.8. The van der Waals surface area contributed by atoms with E-state index in [4.69, 9.17) is 0 Å². The van der Waals surface area contributed by atoms with Gasteiger partial charge in [-0.1, -0.05) is 83.1 Å². The number of carbonyl (C=O) groups is 5. The zero-order valence-corrected chi connectivity index (χ0v) is 28.9. The van der Waals surface area contributed by atoms with Gasteiger partial charge in [0.15, 0.2) is 0 Å². The molecule has 0 saturated carbocycles. The first kappa shape index (κ1) is 38.6. The molecule has 264 valence electrons. The van der Waals surface area contributed by atoms with E-state index in [1.807, 2.05) is 58.0 Å². The standard InChI is InChI=1S/C37H50N6O6/c1-23(2)16-29(32(44)20-33(45)40-30(17-24(3)4)37(49)43-35(47)27-14-10-7-11-15-27)41-36(48)31(19-28-21-38-22-39-28)42-34(46)25(5)18-26-12-8-6-9-13-26/h6-15,21-25,29-32,44H,16-20H2,1-5H3,(H,38,39)(H,40,45)(H,41,48)(H,42,46)(H,43,47,49)/t25?,29-,30-,31-,32-/m0/s1. The van der Waals surface area contributed by atoms with Crippen LogP contribution >= 0.6 is 0 Å². The molecule has 2 aromatic carbocycles. The third kappa shape index (κ3) is 13.3. The van der Waals surface area contributed by atoms with E-state index in [2.05, 4.69) is 31.2 Å². The summed E-state index contributed by atoms with van der Waals surface area (Å²) < 4.78 is 0. The highest BCUT2D eigenvalue weighted by molar-refractivity contribution is 6.06. The zero-order chi connectivity index (χ0) is 35.9. The molecule has 6 N–H and O–H groups in total. The molecule has 1 heterocycles. The Bertz CT molecular complexity index is 1500. The number of nitrogens with zero attached hydrogens (tertiary/aromatic N) is 1. The number of imide groups is 1. The molecule has 5 atom stereocenters. The molecule has 0 fully saturated rings. The van der Waals surface area contributed by atoms with Gasteiger partial charge in [0.25, 0.3) is 5.91 Å². The minimum Gasteiger partial charge on any atom is -0.390 e. The second kappa shape index (κ2) is 19.2. The Labute approximate surface area is 288 Å². The van der Waals surface area contributed by atoms with Gasteiger partial charge in [0.05, 0.1) is 30.6 Å². The van der Waals surface area contributed by atoms with Crippen molar-refractivity contribution in [1.82, 2.24) is 31.2 Å². The Kier molecular flexibility index (Phi) is 15.2. The fraction of sp³-hybridized carbons (Fsp3) is 0.459. The fourth-order valence-electron chi connectivity index (χ4n) is 5.45. The number of aliphatic hydroxyl groups is 1. The van der Waals surface area contributed by atoms with Gasteiger partial charge in [-0.25, -0.2) is 4.98 Å². The smallest absolute Gasteiger partial charge is 0.257 e. The molecular formula is C37H50N6O6.